The molecule has 0 fully saturated rings. The number of ether oxygens (including phenoxy) is 1. The number of allylic oxidation sites excluding steroid dienone is 3. The van der Waals surface area contributed by atoms with E-state index in [1.54, 1.807) is 25.1 Å². The van der Waals surface area contributed by atoms with Crippen molar-refractivity contribution in [2.24, 2.45) is 0 Å². The normalized spacial score (nSPS) is 11.7. The topological polar surface area (TPSA) is 78.6 Å². The summed E-state index contributed by atoms with van der Waals surface area (Å²) in [7, 11) is 0. The summed E-state index contributed by atoms with van der Waals surface area (Å²) in [4.78, 5) is 4.03. The van der Waals surface area contributed by atoms with Gasteiger partial charge in [0.2, 0.25) is 5.88 Å². The molecule has 0 saturated carbocycles. The van der Waals surface area contributed by atoms with Gasteiger partial charge in [-0.15, -0.1) is 15.3 Å². The molecule has 0 saturated heterocycles. The maximum absolute atomic E-state index is 12.7. The zero-order valence-electron chi connectivity index (χ0n) is 15.4. The van der Waals surface area contributed by atoms with E-state index in [1.165, 1.54) is 16.8 Å². The Bertz CT molecular complexity index is 981. The molecule has 0 unspecified atom stereocenters. The summed E-state index contributed by atoms with van der Waals surface area (Å²) in [5.74, 6) is 0.699. The van der Waals surface area contributed by atoms with Crippen LogP contribution in [0.5, 0.6) is 5.88 Å². The molecular formula is C19H18F2N6O. The van der Waals surface area contributed by atoms with Crippen molar-refractivity contribution in [2.45, 2.75) is 26.9 Å². The van der Waals surface area contributed by atoms with Gasteiger partial charge in [-0.25, -0.2) is 13.8 Å². The number of alkyl halides is 2. The van der Waals surface area contributed by atoms with Crippen LogP contribution < -0.4 is 4.74 Å². The van der Waals surface area contributed by atoms with Gasteiger partial charge in [-0.3, -0.25) is 0 Å². The van der Waals surface area contributed by atoms with E-state index >= 15 is 0 Å². The van der Waals surface area contributed by atoms with Gasteiger partial charge in [0.05, 0.1) is 11.4 Å². The fourth-order valence-electron chi connectivity index (χ4n) is 2.44. The summed E-state index contributed by atoms with van der Waals surface area (Å²) in [6.07, 6.45) is 2.12. The Morgan fingerprint density at radius 3 is 2.61 bits per heavy atom. The smallest absolute Gasteiger partial charge is 0.265 e. The van der Waals surface area contributed by atoms with E-state index in [-0.39, 0.29) is 12.2 Å². The number of halogens is 2. The highest BCUT2D eigenvalue weighted by atomic mass is 19.3. The monoisotopic (exact) mass is 384 g/mol. The molecule has 28 heavy (non-hydrogen) atoms. The molecule has 3 heterocycles. The van der Waals surface area contributed by atoms with E-state index in [0.29, 0.717) is 28.8 Å². The largest absolute Gasteiger partial charge is 0.470 e. The Kier molecular flexibility index (Phi) is 5.83. The SMILES string of the molecule is C=C/C(=C\C)c1ccc(OCc2c(C)nnn2-c2ccc(C(F)F)cn2)nn1. The predicted molar refractivity (Wildman–Crippen MR) is 99.1 cm³/mol. The summed E-state index contributed by atoms with van der Waals surface area (Å²) in [5.41, 5.74) is 2.66. The molecule has 3 aromatic rings. The minimum absolute atomic E-state index is 0.114. The second kappa shape index (κ2) is 8.47. The quantitative estimate of drug-likeness (QED) is 0.576. The second-order valence-corrected chi connectivity index (χ2v) is 5.78. The van der Waals surface area contributed by atoms with Gasteiger partial charge >= 0.3 is 0 Å². The first-order valence-corrected chi connectivity index (χ1v) is 8.44. The Morgan fingerprint density at radius 1 is 1.21 bits per heavy atom. The predicted octanol–water partition coefficient (Wildman–Crippen LogP) is 3.87. The van der Waals surface area contributed by atoms with Crippen molar-refractivity contribution in [3.63, 3.8) is 0 Å². The molecule has 0 aliphatic rings. The molecule has 144 valence electrons. The van der Waals surface area contributed by atoms with Crippen LogP contribution in [0.1, 0.15) is 36.0 Å². The van der Waals surface area contributed by atoms with Gasteiger partial charge in [0.15, 0.2) is 5.82 Å². The number of aryl methyl sites for hydroxylation is 1. The lowest BCUT2D eigenvalue weighted by Crippen LogP contribution is -2.09. The number of rotatable bonds is 7. The van der Waals surface area contributed by atoms with Gasteiger partial charge in [-0.1, -0.05) is 23.9 Å². The molecule has 3 rings (SSSR count). The third kappa shape index (κ3) is 4.08. The fraction of sp³-hybridized carbons (Fsp3) is 0.211. The Labute approximate surface area is 160 Å². The van der Waals surface area contributed by atoms with Crippen molar-refractivity contribution >= 4 is 5.57 Å². The minimum Gasteiger partial charge on any atom is -0.470 e. The van der Waals surface area contributed by atoms with Gasteiger partial charge in [-0.05, 0) is 37.6 Å². The molecule has 0 aliphatic carbocycles. The first-order valence-electron chi connectivity index (χ1n) is 8.44. The highest BCUT2D eigenvalue weighted by Crippen LogP contribution is 2.20. The van der Waals surface area contributed by atoms with Crippen molar-refractivity contribution < 1.29 is 13.5 Å². The first kappa shape index (κ1) is 19.3. The lowest BCUT2D eigenvalue weighted by atomic mass is 10.2. The lowest BCUT2D eigenvalue weighted by Gasteiger charge is -2.09. The molecule has 0 bridgehead atoms. The second-order valence-electron chi connectivity index (χ2n) is 5.78. The zero-order chi connectivity index (χ0) is 20.1. The molecule has 0 amide bonds. The fourth-order valence-corrected chi connectivity index (χ4v) is 2.44. The summed E-state index contributed by atoms with van der Waals surface area (Å²) < 4.78 is 32.5. The minimum atomic E-state index is -2.58. The van der Waals surface area contributed by atoms with E-state index in [4.69, 9.17) is 4.74 Å². The Balaban J connectivity index is 1.77. The maximum atomic E-state index is 12.7. The lowest BCUT2D eigenvalue weighted by molar-refractivity contribution is 0.151. The molecule has 0 aliphatic heterocycles. The van der Waals surface area contributed by atoms with Gasteiger partial charge in [0.25, 0.3) is 6.43 Å². The van der Waals surface area contributed by atoms with E-state index in [0.717, 1.165) is 11.8 Å². The van der Waals surface area contributed by atoms with Crippen LogP contribution in [0, 0.1) is 6.92 Å². The van der Waals surface area contributed by atoms with Crippen molar-refractivity contribution in [1.29, 1.82) is 0 Å². The first-order chi connectivity index (χ1) is 13.5. The molecule has 0 spiro atoms. The van der Waals surface area contributed by atoms with Crippen LogP contribution in [-0.2, 0) is 6.61 Å². The summed E-state index contributed by atoms with van der Waals surface area (Å²) in [6, 6.07) is 6.25. The van der Waals surface area contributed by atoms with Crippen LogP contribution >= 0.6 is 0 Å². The van der Waals surface area contributed by atoms with Crippen LogP contribution in [0.25, 0.3) is 11.4 Å². The molecular weight excluding hydrogens is 366 g/mol. The Morgan fingerprint density at radius 2 is 2.04 bits per heavy atom. The molecule has 0 aromatic carbocycles. The number of nitrogens with zero attached hydrogens (tertiary/aromatic N) is 6. The van der Waals surface area contributed by atoms with E-state index in [9.17, 15) is 8.78 Å². The van der Waals surface area contributed by atoms with Crippen molar-refractivity contribution in [1.82, 2.24) is 30.2 Å². The molecule has 3 aromatic heterocycles. The average molecular weight is 384 g/mol. The van der Waals surface area contributed by atoms with Crippen LogP contribution in [0.2, 0.25) is 0 Å². The van der Waals surface area contributed by atoms with Crippen molar-refractivity contribution in [3.05, 3.63) is 71.8 Å². The zero-order valence-corrected chi connectivity index (χ0v) is 15.4. The van der Waals surface area contributed by atoms with E-state index in [2.05, 4.69) is 32.1 Å². The Hall–Kier alpha value is -3.49. The van der Waals surface area contributed by atoms with Gasteiger partial charge in [-0.2, -0.15) is 4.68 Å². The highest BCUT2D eigenvalue weighted by Gasteiger charge is 2.15. The number of aromatic nitrogens is 6. The van der Waals surface area contributed by atoms with Crippen LogP contribution in [0.4, 0.5) is 8.78 Å². The molecule has 7 nitrogen and oxygen atoms in total. The third-order valence-electron chi connectivity index (χ3n) is 4.02. The van der Waals surface area contributed by atoms with E-state index < -0.39 is 6.43 Å². The standard InChI is InChI=1S/C19H18F2N6O/c1-4-13(5-2)15-7-9-18(25-24-15)28-11-16-12(3)23-26-27(16)17-8-6-14(10-22-17)19(20)21/h4-10,19H,1,11H2,2-3H3/b13-5+. The van der Waals surface area contributed by atoms with Crippen LogP contribution in [0.15, 0.2) is 49.2 Å². The van der Waals surface area contributed by atoms with Crippen molar-refractivity contribution in [3.8, 4) is 11.7 Å². The highest BCUT2D eigenvalue weighted by molar-refractivity contribution is 5.70. The van der Waals surface area contributed by atoms with E-state index in [1.807, 2.05) is 13.0 Å². The van der Waals surface area contributed by atoms with Gasteiger partial charge in [0.1, 0.15) is 12.3 Å². The van der Waals surface area contributed by atoms with Crippen LogP contribution in [-0.4, -0.2) is 30.2 Å². The number of hydrogen-bond acceptors (Lipinski definition) is 6. The van der Waals surface area contributed by atoms with Gasteiger partial charge in [0, 0.05) is 17.8 Å². The summed E-state index contributed by atoms with van der Waals surface area (Å²) in [5, 5.41) is 16.2. The van der Waals surface area contributed by atoms with Crippen molar-refractivity contribution in [2.75, 3.05) is 0 Å². The summed E-state index contributed by atoms with van der Waals surface area (Å²) >= 11 is 0. The number of pyridine rings is 1. The molecule has 9 heteroatoms. The molecule has 0 atom stereocenters. The summed E-state index contributed by atoms with van der Waals surface area (Å²) in [6.45, 7) is 7.51. The maximum Gasteiger partial charge on any atom is 0.265 e. The number of hydrogen-bond donors (Lipinski definition) is 0. The third-order valence-corrected chi connectivity index (χ3v) is 4.02. The van der Waals surface area contributed by atoms with Gasteiger partial charge < -0.3 is 4.74 Å². The molecule has 0 radical (unpaired) electrons. The average Bonchev–Trinajstić information content (AvgIpc) is 3.08. The van der Waals surface area contributed by atoms with Crippen LogP contribution in [0.3, 0.4) is 0 Å². The molecule has 0 N–H and O–H groups in total.